The highest BCUT2D eigenvalue weighted by Crippen LogP contribution is 2.34. The highest BCUT2D eigenvalue weighted by molar-refractivity contribution is 5.79. The van der Waals surface area contributed by atoms with Gasteiger partial charge in [-0.25, -0.2) is 4.79 Å². The summed E-state index contributed by atoms with van der Waals surface area (Å²) >= 11 is 0. The third kappa shape index (κ3) is 6.11. The largest absolute Gasteiger partial charge is 0.481 e. The summed E-state index contributed by atoms with van der Waals surface area (Å²) in [5.74, 6) is -0.930. The van der Waals surface area contributed by atoms with Crippen LogP contribution in [-0.2, 0) is 9.59 Å². The Bertz CT molecular complexity index is 551. The Balaban J connectivity index is 1.87. The topological polar surface area (TPSA) is 98.7 Å². The number of piperidine rings is 1. The van der Waals surface area contributed by atoms with Crippen LogP contribution in [-0.4, -0.2) is 53.1 Å². The molecule has 0 aromatic rings. The van der Waals surface area contributed by atoms with Crippen LogP contribution in [0.25, 0.3) is 0 Å². The Labute approximate surface area is 162 Å². The first-order valence-electron chi connectivity index (χ1n) is 10.3. The summed E-state index contributed by atoms with van der Waals surface area (Å²) in [7, 11) is 0. The molecule has 2 rings (SSSR count). The molecule has 0 spiro atoms. The molecule has 3 amide bonds. The van der Waals surface area contributed by atoms with E-state index in [1.165, 1.54) is 0 Å². The van der Waals surface area contributed by atoms with Gasteiger partial charge in [-0.05, 0) is 44.4 Å². The lowest BCUT2D eigenvalue weighted by Gasteiger charge is -2.40. The van der Waals surface area contributed by atoms with Crippen molar-refractivity contribution in [2.75, 3.05) is 19.6 Å². The molecular weight excluding hydrogens is 346 g/mol. The molecule has 0 bridgehead atoms. The molecule has 0 aromatic heterocycles. The number of nitrogens with one attached hydrogen (secondary N) is 2. The third-order valence-electron chi connectivity index (χ3n) is 5.87. The number of hydrogen-bond acceptors (Lipinski definition) is 3. The van der Waals surface area contributed by atoms with E-state index in [1.54, 1.807) is 4.90 Å². The minimum absolute atomic E-state index is 0.0565. The Morgan fingerprint density at radius 1 is 1.19 bits per heavy atom. The normalized spacial score (nSPS) is 28.7. The number of amides is 3. The highest BCUT2D eigenvalue weighted by Gasteiger charge is 2.42. The van der Waals surface area contributed by atoms with Crippen LogP contribution >= 0.6 is 0 Å². The highest BCUT2D eigenvalue weighted by atomic mass is 16.4. The van der Waals surface area contributed by atoms with E-state index in [1.807, 2.05) is 6.92 Å². The molecule has 1 saturated carbocycles. The van der Waals surface area contributed by atoms with Crippen molar-refractivity contribution in [3.8, 4) is 0 Å². The number of hydrogen-bond donors (Lipinski definition) is 3. The first kappa shape index (κ1) is 21.5. The van der Waals surface area contributed by atoms with E-state index in [0.717, 1.165) is 32.2 Å². The first-order valence-corrected chi connectivity index (χ1v) is 10.3. The smallest absolute Gasteiger partial charge is 0.317 e. The Kier molecular flexibility index (Phi) is 7.50. The molecule has 2 fully saturated rings. The fraction of sp³-hybridized carbons (Fsp3) is 0.850. The van der Waals surface area contributed by atoms with Crippen molar-refractivity contribution in [1.82, 2.24) is 15.5 Å². The van der Waals surface area contributed by atoms with Crippen LogP contribution in [0.4, 0.5) is 4.79 Å². The number of likely N-dealkylation sites (tertiary alicyclic amines) is 1. The zero-order valence-electron chi connectivity index (χ0n) is 16.9. The number of carboxylic acids is 1. The lowest BCUT2D eigenvalue weighted by molar-refractivity contribution is -0.146. The molecule has 1 aliphatic heterocycles. The second-order valence-electron chi connectivity index (χ2n) is 8.84. The van der Waals surface area contributed by atoms with Gasteiger partial charge in [0.1, 0.15) is 0 Å². The van der Waals surface area contributed by atoms with Gasteiger partial charge in [-0.1, -0.05) is 26.7 Å². The summed E-state index contributed by atoms with van der Waals surface area (Å²) in [6.07, 6.45) is 5.29. The number of aliphatic carboxylic acids is 1. The second kappa shape index (κ2) is 9.42. The maximum atomic E-state index is 12.6. The van der Waals surface area contributed by atoms with Crippen LogP contribution in [0.2, 0.25) is 0 Å². The summed E-state index contributed by atoms with van der Waals surface area (Å²) in [5, 5.41) is 15.4. The fourth-order valence-corrected chi connectivity index (χ4v) is 4.33. The predicted molar refractivity (Wildman–Crippen MR) is 103 cm³/mol. The average Bonchev–Trinajstić information content (AvgIpc) is 2.59. The molecule has 2 aliphatic rings. The quantitative estimate of drug-likeness (QED) is 0.658. The predicted octanol–water partition coefficient (Wildman–Crippen LogP) is 2.60. The van der Waals surface area contributed by atoms with E-state index in [-0.39, 0.29) is 17.9 Å². The fourth-order valence-electron chi connectivity index (χ4n) is 4.33. The molecule has 1 aliphatic carbocycles. The summed E-state index contributed by atoms with van der Waals surface area (Å²) in [4.78, 5) is 38.3. The van der Waals surface area contributed by atoms with E-state index < -0.39 is 17.4 Å². The third-order valence-corrected chi connectivity index (χ3v) is 5.87. The van der Waals surface area contributed by atoms with Gasteiger partial charge in [0.25, 0.3) is 0 Å². The Hall–Kier alpha value is -1.79. The Morgan fingerprint density at radius 2 is 1.93 bits per heavy atom. The number of carbonyl (C=O) groups excluding carboxylic acids is 2. The van der Waals surface area contributed by atoms with E-state index in [2.05, 4.69) is 24.5 Å². The van der Waals surface area contributed by atoms with Gasteiger partial charge in [-0.3, -0.25) is 9.59 Å². The molecule has 1 saturated heterocycles. The number of nitrogens with zero attached hydrogens (tertiary/aromatic N) is 1. The molecule has 7 heteroatoms. The van der Waals surface area contributed by atoms with Gasteiger partial charge in [0, 0.05) is 26.1 Å². The second-order valence-corrected chi connectivity index (χ2v) is 8.84. The van der Waals surface area contributed by atoms with E-state index in [0.29, 0.717) is 38.3 Å². The number of urea groups is 1. The van der Waals surface area contributed by atoms with Gasteiger partial charge in [0.15, 0.2) is 0 Å². The number of rotatable bonds is 6. The molecule has 0 radical (unpaired) electrons. The SMILES string of the molecule is CC(C)CNC(=O)N1CCCC(CC(=O)NC2(C)CCCCC2C(=O)O)C1. The number of carbonyl (C=O) groups is 3. The van der Waals surface area contributed by atoms with Crippen LogP contribution < -0.4 is 10.6 Å². The maximum absolute atomic E-state index is 12.6. The molecule has 154 valence electrons. The zero-order valence-corrected chi connectivity index (χ0v) is 16.9. The minimum Gasteiger partial charge on any atom is -0.481 e. The maximum Gasteiger partial charge on any atom is 0.317 e. The molecule has 0 aromatic carbocycles. The molecule has 1 heterocycles. The van der Waals surface area contributed by atoms with Crippen LogP contribution in [0.5, 0.6) is 0 Å². The molecule has 3 N–H and O–H groups in total. The van der Waals surface area contributed by atoms with Gasteiger partial charge < -0.3 is 20.6 Å². The van der Waals surface area contributed by atoms with Gasteiger partial charge in [0.2, 0.25) is 5.91 Å². The van der Waals surface area contributed by atoms with Crippen LogP contribution in [0.3, 0.4) is 0 Å². The average molecular weight is 382 g/mol. The van der Waals surface area contributed by atoms with Crippen molar-refractivity contribution in [3.63, 3.8) is 0 Å². The minimum atomic E-state index is -0.830. The van der Waals surface area contributed by atoms with Crippen molar-refractivity contribution in [2.24, 2.45) is 17.8 Å². The monoisotopic (exact) mass is 381 g/mol. The molecule has 3 atom stereocenters. The van der Waals surface area contributed by atoms with Gasteiger partial charge in [-0.15, -0.1) is 0 Å². The van der Waals surface area contributed by atoms with Crippen molar-refractivity contribution in [3.05, 3.63) is 0 Å². The summed E-state index contributed by atoms with van der Waals surface area (Å²) < 4.78 is 0. The first-order chi connectivity index (χ1) is 12.7. The van der Waals surface area contributed by atoms with Gasteiger partial charge in [-0.2, -0.15) is 0 Å². The lowest BCUT2D eigenvalue weighted by atomic mass is 9.73. The summed E-state index contributed by atoms with van der Waals surface area (Å²) in [6, 6.07) is -0.0565. The molecule has 27 heavy (non-hydrogen) atoms. The van der Waals surface area contributed by atoms with Gasteiger partial charge in [0.05, 0.1) is 11.5 Å². The summed E-state index contributed by atoms with van der Waals surface area (Å²) in [5.41, 5.74) is -0.676. The van der Waals surface area contributed by atoms with E-state index >= 15 is 0 Å². The standard InChI is InChI=1S/C20H35N3O4/c1-14(2)12-21-19(27)23-10-6-7-15(13-23)11-17(24)22-20(3)9-5-4-8-16(20)18(25)26/h14-16H,4-13H2,1-3H3,(H,21,27)(H,22,24)(H,25,26). The van der Waals surface area contributed by atoms with E-state index in [4.69, 9.17) is 0 Å². The van der Waals surface area contributed by atoms with Crippen molar-refractivity contribution < 1.29 is 19.5 Å². The van der Waals surface area contributed by atoms with Crippen LogP contribution in [0, 0.1) is 17.8 Å². The van der Waals surface area contributed by atoms with Crippen molar-refractivity contribution >= 4 is 17.9 Å². The van der Waals surface area contributed by atoms with Crippen LogP contribution in [0.15, 0.2) is 0 Å². The van der Waals surface area contributed by atoms with Crippen molar-refractivity contribution in [2.45, 2.75) is 71.3 Å². The zero-order chi connectivity index (χ0) is 20.0. The van der Waals surface area contributed by atoms with Crippen molar-refractivity contribution in [1.29, 1.82) is 0 Å². The molecule has 3 unspecified atom stereocenters. The summed E-state index contributed by atoms with van der Waals surface area (Å²) in [6.45, 7) is 7.92. The van der Waals surface area contributed by atoms with Crippen LogP contribution in [0.1, 0.15) is 65.7 Å². The van der Waals surface area contributed by atoms with E-state index in [9.17, 15) is 19.5 Å². The lowest BCUT2D eigenvalue weighted by Crippen LogP contribution is -2.56. The Morgan fingerprint density at radius 3 is 2.59 bits per heavy atom. The number of carboxylic acid groups (broad SMARTS) is 1. The van der Waals surface area contributed by atoms with Gasteiger partial charge >= 0.3 is 12.0 Å². The molecular formula is C20H35N3O4. The molecule has 7 nitrogen and oxygen atoms in total.